The van der Waals surface area contributed by atoms with Crippen LogP contribution in [-0.4, -0.2) is 50.3 Å². The Morgan fingerprint density at radius 2 is 2.00 bits per heavy atom. The Balaban J connectivity index is 2.24. The maximum absolute atomic E-state index is 5.75. The van der Waals surface area contributed by atoms with Crippen LogP contribution in [-0.2, 0) is 4.74 Å². The van der Waals surface area contributed by atoms with E-state index in [9.17, 15) is 0 Å². The smallest absolute Gasteiger partial charge is 0.0593 e. The summed E-state index contributed by atoms with van der Waals surface area (Å²) in [7, 11) is 0. The Morgan fingerprint density at radius 1 is 1.26 bits per heavy atom. The van der Waals surface area contributed by atoms with E-state index >= 15 is 0 Å². The van der Waals surface area contributed by atoms with Crippen molar-refractivity contribution in [3.05, 3.63) is 0 Å². The van der Waals surface area contributed by atoms with E-state index in [1.54, 1.807) is 0 Å². The first kappa shape index (κ1) is 16.9. The summed E-state index contributed by atoms with van der Waals surface area (Å²) in [6, 6.07) is 0.589. The minimum Gasteiger partial charge on any atom is -0.380 e. The van der Waals surface area contributed by atoms with Crippen LogP contribution in [0.1, 0.15) is 47.5 Å². The molecule has 114 valence electrons. The standard InChI is InChI=1S/C16H34N2O/c1-14(2)7-11-19-12-10-18-9-6-8-17-15(13-18)16(3,4)5/h14-15,17H,6-13H2,1-5H3. The van der Waals surface area contributed by atoms with Crippen LogP contribution < -0.4 is 5.32 Å². The summed E-state index contributed by atoms with van der Waals surface area (Å²) in [5, 5.41) is 3.69. The zero-order valence-corrected chi connectivity index (χ0v) is 13.7. The molecule has 0 amide bonds. The van der Waals surface area contributed by atoms with Crippen molar-refractivity contribution in [2.75, 3.05) is 39.4 Å². The maximum Gasteiger partial charge on any atom is 0.0593 e. The lowest BCUT2D eigenvalue weighted by Gasteiger charge is -2.33. The molecule has 0 bridgehead atoms. The van der Waals surface area contributed by atoms with E-state index in [-0.39, 0.29) is 0 Å². The fraction of sp³-hybridized carbons (Fsp3) is 1.00. The van der Waals surface area contributed by atoms with Crippen molar-refractivity contribution < 1.29 is 4.74 Å². The number of rotatable bonds is 6. The molecule has 0 aromatic heterocycles. The molecule has 3 heteroatoms. The highest BCUT2D eigenvalue weighted by Gasteiger charge is 2.27. The van der Waals surface area contributed by atoms with E-state index in [1.165, 1.54) is 19.4 Å². The number of ether oxygens (including phenoxy) is 1. The molecule has 0 spiro atoms. The average Bonchev–Trinajstić information content (AvgIpc) is 2.53. The van der Waals surface area contributed by atoms with Crippen LogP contribution in [0.3, 0.4) is 0 Å². The molecule has 0 aliphatic carbocycles. The van der Waals surface area contributed by atoms with Gasteiger partial charge in [0.2, 0.25) is 0 Å². The summed E-state index contributed by atoms with van der Waals surface area (Å²) < 4.78 is 5.75. The minimum absolute atomic E-state index is 0.334. The van der Waals surface area contributed by atoms with E-state index in [1.807, 2.05) is 0 Å². The zero-order chi connectivity index (χ0) is 14.3. The third-order valence-electron chi connectivity index (χ3n) is 3.92. The van der Waals surface area contributed by atoms with Crippen molar-refractivity contribution in [3.63, 3.8) is 0 Å². The van der Waals surface area contributed by atoms with Gasteiger partial charge in [-0.2, -0.15) is 0 Å². The lowest BCUT2D eigenvalue weighted by molar-refractivity contribution is 0.0901. The number of hydrogen-bond acceptors (Lipinski definition) is 3. The molecule has 1 unspecified atom stereocenters. The molecular weight excluding hydrogens is 236 g/mol. The number of hydrogen-bond donors (Lipinski definition) is 1. The number of nitrogens with one attached hydrogen (secondary N) is 1. The Morgan fingerprint density at radius 3 is 2.63 bits per heavy atom. The van der Waals surface area contributed by atoms with Gasteiger partial charge < -0.3 is 10.1 Å². The Hall–Kier alpha value is -0.120. The Kier molecular flexibility index (Phi) is 7.33. The van der Waals surface area contributed by atoms with Gasteiger partial charge in [-0.05, 0) is 37.3 Å². The predicted octanol–water partition coefficient (Wildman–Crippen LogP) is 2.76. The molecule has 1 atom stereocenters. The van der Waals surface area contributed by atoms with Crippen LogP contribution in [0, 0.1) is 11.3 Å². The van der Waals surface area contributed by atoms with Crippen molar-refractivity contribution in [1.29, 1.82) is 0 Å². The fourth-order valence-electron chi connectivity index (χ4n) is 2.39. The third-order valence-corrected chi connectivity index (χ3v) is 3.92. The summed E-state index contributed by atoms with van der Waals surface area (Å²) in [5.41, 5.74) is 0.334. The highest BCUT2D eigenvalue weighted by molar-refractivity contribution is 4.85. The molecule has 0 radical (unpaired) electrons. The monoisotopic (exact) mass is 270 g/mol. The molecule has 1 aliphatic heterocycles. The molecule has 1 N–H and O–H groups in total. The van der Waals surface area contributed by atoms with Crippen molar-refractivity contribution >= 4 is 0 Å². The van der Waals surface area contributed by atoms with E-state index in [0.29, 0.717) is 11.5 Å². The summed E-state index contributed by atoms with van der Waals surface area (Å²) in [6.07, 6.45) is 2.42. The van der Waals surface area contributed by atoms with Crippen LogP contribution in [0.5, 0.6) is 0 Å². The van der Waals surface area contributed by atoms with Gasteiger partial charge in [-0.3, -0.25) is 4.90 Å². The molecule has 1 heterocycles. The average molecular weight is 270 g/mol. The first-order valence-corrected chi connectivity index (χ1v) is 7.93. The first-order chi connectivity index (χ1) is 8.89. The lowest BCUT2D eigenvalue weighted by Crippen LogP contribution is -2.46. The van der Waals surface area contributed by atoms with Gasteiger partial charge in [0.1, 0.15) is 0 Å². The first-order valence-electron chi connectivity index (χ1n) is 7.93. The van der Waals surface area contributed by atoms with Gasteiger partial charge in [-0.15, -0.1) is 0 Å². The zero-order valence-electron chi connectivity index (χ0n) is 13.7. The van der Waals surface area contributed by atoms with Crippen LogP contribution in [0.25, 0.3) is 0 Å². The topological polar surface area (TPSA) is 24.5 Å². The normalized spacial score (nSPS) is 22.7. The van der Waals surface area contributed by atoms with Crippen molar-refractivity contribution in [2.45, 2.75) is 53.5 Å². The second-order valence-electron chi connectivity index (χ2n) is 7.32. The Bertz CT molecular complexity index is 235. The van der Waals surface area contributed by atoms with Gasteiger partial charge in [-0.25, -0.2) is 0 Å². The van der Waals surface area contributed by atoms with E-state index in [2.05, 4.69) is 44.8 Å². The molecule has 0 aromatic carbocycles. The molecular formula is C16H34N2O. The van der Waals surface area contributed by atoms with Gasteiger partial charge in [0.05, 0.1) is 6.61 Å². The molecule has 1 fully saturated rings. The summed E-state index contributed by atoms with van der Waals surface area (Å²) in [5.74, 6) is 0.743. The molecule has 1 saturated heterocycles. The quantitative estimate of drug-likeness (QED) is 0.751. The van der Waals surface area contributed by atoms with E-state index in [0.717, 1.165) is 38.8 Å². The van der Waals surface area contributed by atoms with Crippen LogP contribution in [0.4, 0.5) is 0 Å². The van der Waals surface area contributed by atoms with Crippen LogP contribution >= 0.6 is 0 Å². The maximum atomic E-state index is 5.75. The van der Waals surface area contributed by atoms with Gasteiger partial charge in [0, 0.05) is 25.7 Å². The third kappa shape index (κ3) is 7.28. The van der Waals surface area contributed by atoms with Crippen molar-refractivity contribution in [3.8, 4) is 0 Å². The highest BCUT2D eigenvalue weighted by atomic mass is 16.5. The van der Waals surface area contributed by atoms with Gasteiger partial charge in [0.15, 0.2) is 0 Å². The van der Waals surface area contributed by atoms with Gasteiger partial charge in [-0.1, -0.05) is 34.6 Å². The minimum atomic E-state index is 0.334. The molecule has 3 nitrogen and oxygen atoms in total. The number of nitrogens with zero attached hydrogens (tertiary/aromatic N) is 1. The molecule has 0 saturated carbocycles. The fourth-order valence-corrected chi connectivity index (χ4v) is 2.39. The van der Waals surface area contributed by atoms with Crippen LogP contribution in [0.2, 0.25) is 0 Å². The SMILES string of the molecule is CC(C)CCOCCN1CCCNC(C(C)(C)C)C1. The second kappa shape index (κ2) is 8.23. The van der Waals surface area contributed by atoms with E-state index < -0.39 is 0 Å². The molecule has 0 aromatic rings. The van der Waals surface area contributed by atoms with Gasteiger partial charge in [0.25, 0.3) is 0 Å². The Labute approximate surface area is 120 Å². The van der Waals surface area contributed by atoms with Crippen molar-refractivity contribution in [1.82, 2.24) is 10.2 Å². The predicted molar refractivity (Wildman–Crippen MR) is 82.6 cm³/mol. The highest BCUT2D eigenvalue weighted by Crippen LogP contribution is 2.21. The van der Waals surface area contributed by atoms with Crippen LogP contribution in [0.15, 0.2) is 0 Å². The lowest BCUT2D eigenvalue weighted by atomic mass is 9.86. The second-order valence-corrected chi connectivity index (χ2v) is 7.32. The molecule has 19 heavy (non-hydrogen) atoms. The summed E-state index contributed by atoms with van der Waals surface area (Å²) in [4.78, 5) is 2.56. The largest absolute Gasteiger partial charge is 0.380 e. The summed E-state index contributed by atoms with van der Waals surface area (Å²) in [6.45, 7) is 17.8. The van der Waals surface area contributed by atoms with E-state index in [4.69, 9.17) is 4.74 Å². The summed E-state index contributed by atoms with van der Waals surface area (Å²) >= 11 is 0. The molecule has 1 rings (SSSR count). The van der Waals surface area contributed by atoms with Crippen molar-refractivity contribution in [2.24, 2.45) is 11.3 Å². The molecule has 1 aliphatic rings. The van der Waals surface area contributed by atoms with Gasteiger partial charge >= 0.3 is 0 Å².